The van der Waals surface area contributed by atoms with Crippen LogP contribution < -0.4 is 5.32 Å². The summed E-state index contributed by atoms with van der Waals surface area (Å²) in [7, 11) is -3.47. The highest BCUT2D eigenvalue weighted by Gasteiger charge is 2.32. The Balaban J connectivity index is 1.47. The number of hydrogen-bond acceptors (Lipinski definition) is 4. The number of benzene rings is 1. The lowest BCUT2D eigenvalue weighted by atomic mass is 9.97. The van der Waals surface area contributed by atoms with Gasteiger partial charge in [-0.15, -0.1) is 0 Å². The van der Waals surface area contributed by atoms with E-state index >= 15 is 0 Å². The molecule has 0 unspecified atom stereocenters. The summed E-state index contributed by atoms with van der Waals surface area (Å²) in [6.45, 7) is 4.16. The Morgan fingerprint density at radius 3 is 2.50 bits per heavy atom. The van der Waals surface area contributed by atoms with Crippen molar-refractivity contribution in [3.8, 4) is 0 Å². The summed E-state index contributed by atoms with van der Waals surface area (Å²) in [5, 5.41) is 2.98. The Hall–Kier alpha value is -1.44. The SMILES string of the molecule is Cc1ccc(S(=O)(=O)N2CCC(C(=O)NCC[C@H]3CCCO3)CC2)cc1. The summed E-state index contributed by atoms with van der Waals surface area (Å²) < 4.78 is 32.5. The third kappa shape index (κ3) is 4.64. The minimum absolute atomic E-state index is 0.0374. The van der Waals surface area contributed by atoms with Crippen molar-refractivity contribution in [2.45, 2.75) is 50.0 Å². The van der Waals surface area contributed by atoms with Gasteiger partial charge in [0.05, 0.1) is 11.0 Å². The minimum atomic E-state index is -3.47. The molecular formula is C19H28N2O4S. The van der Waals surface area contributed by atoms with E-state index in [0.717, 1.165) is 31.4 Å². The molecule has 3 rings (SSSR count). The predicted octanol–water partition coefficient (Wildman–Crippen LogP) is 2.08. The number of rotatable bonds is 6. The number of aryl methyl sites for hydroxylation is 1. The molecule has 1 aromatic rings. The molecule has 2 saturated heterocycles. The number of nitrogens with zero attached hydrogens (tertiary/aromatic N) is 1. The molecule has 6 nitrogen and oxygen atoms in total. The molecule has 2 aliphatic heterocycles. The monoisotopic (exact) mass is 380 g/mol. The van der Waals surface area contributed by atoms with E-state index in [1.165, 1.54) is 4.31 Å². The number of nitrogens with one attached hydrogen (secondary N) is 1. The van der Waals surface area contributed by atoms with Gasteiger partial charge in [0.25, 0.3) is 0 Å². The highest BCUT2D eigenvalue weighted by atomic mass is 32.2. The predicted molar refractivity (Wildman–Crippen MR) is 99.3 cm³/mol. The van der Waals surface area contributed by atoms with Crippen molar-refractivity contribution in [1.29, 1.82) is 0 Å². The Morgan fingerprint density at radius 2 is 1.88 bits per heavy atom. The lowest BCUT2D eigenvalue weighted by Gasteiger charge is -2.30. The maximum Gasteiger partial charge on any atom is 0.243 e. The fourth-order valence-electron chi connectivity index (χ4n) is 3.59. The second-order valence-corrected chi connectivity index (χ2v) is 9.14. The van der Waals surface area contributed by atoms with Crippen LogP contribution in [0, 0.1) is 12.8 Å². The number of amides is 1. The first kappa shape index (κ1) is 19.3. The molecule has 26 heavy (non-hydrogen) atoms. The normalized spacial score (nSPS) is 22.4. The zero-order valence-corrected chi connectivity index (χ0v) is 16.1. The fraction of sp³-hybridized carbons (Fsp3) is 0.632. The lowest BCUT2D eigenvalue weighted by Crippen LogP contribution is -2.43. The third-order valence-electron chi connectivity index (χ3n) is 5.27. The standard InChI is InChI=1S/C19H28N2O4S/c1-15-4-6-18(7-5-15)26(23,24)21-12-9-16(10-13-21)19(22)20-11-8-17-3-2-14-25-17/h4-7,16-17H,2-3,8-14H2,1H3,(H,20,22)/t17-/m1/s1. The first-order valence-corrected chi connectivity index (χ1v) is 10.9. The van der Waals surface area contributed by atoms with Gasteiger partial charge in [0, 0.05) is 32.2 Å². The van der Waals surface area contributed by atoms with E-state index in [4.69, 9.17) is 4.74 Å². The summed E-state index contributed by atoms with van der Waals surface area (Å²) >= 11 is 0. The molecule has 1 amide bonds. The molecule has 2 heterocycles. The van der Waals surface area contributed by atoms with Crippen LogP contribution in [0.25, 0.3) is 0 Å². The number of carbonyl (C=O) groups excluding carboxylic acids is 1. The van der Waals surface area contributed by atoms with Crippen LogP contribution in [0.4, 0.5) is 0 Å². The van der Waals surface area contributed by atoms with E-state index in [1.807, 2.05) is 6.92 Å². The average molecular weight is 381 g/mol. The van der Waals surface area contributed by atoms with Gasteiger partial charge in [0.2, 0.25) is 15.9 Å². The molecule has 1 N–H and O–H groups in total. The summed E-state index contributed by atoms with van der Waals surface area (Å²) in [6.07, 6.45) is 4.44. The van der Waals surface area contributed by atoms with Crippen molar-refractivity contribution in [2.24, 2.45) is 5.92 Å². The molecule has 0 aromatic heterocycles. The van der Waals surface area contributed by atoms with Crippen molar-refractivity contribution < 1.29 is 17.9 Å². The Kier molecular flexibility index (Phi) is 6.32. The molecule has 0 saturated carbocycles. The number of carbonyl (C=O) groups is 1. The zero-order valence-electron chi connectivity index (χ0n) is 15.3. The van der Waals surface area contributed by atoms with Gasteiger partial charge in [-0.2, -0.15) is 4.31 Å². The summed E-state index contributed by atoms with van der Waals surface area (Å²) in [5.74, 6) is -0.0701. The Morgan fingerprint density at radius 1 is 1.19 bits per heavy atom. The Labute approximate surface area is 156 Å². The first-order chi connectivity index (χ1) is 12.5. The second-order valence-electron chi connectivity index (χ2n) is 7.21. The Bertz CT molecular complexity index is 704. The number of ether oxygens (including phenoxy) is 1. The van der Waals surface area contributed by atoms with Gasteiger partial charge in [-0.1, -0.05) is 17.7 Å². The van der Waals surface area contributed by atoms with Gasteiger partial charge in [-0.25, -0.2) is 8.42 Å². The number of sulfonamides is 1. The van der Waals surface area contributed by atoms with Crippen molar-refractivity contribution in [3.05, 3.63) is 29.8 Å². The van der Waals surface area contributed by atoms with E-state index in [-0.39, 0.29) is 17.9 Å². The zero-order chi connectivity index (χ0) is 18.6. The largest absolute Gasteiger partial charge is 0.378 e. The molecule has 7 heteroatoms. The molecular weight excluding hydrogens is 352 g/mol. The molecule has 1 atom stereocenters. The van der Waals surface area contributed by atoms with Gasteiger partial charge < -0.3 is 10.1 Å². The second kappa shape index (κ2) is 8.50. The maximum absolute atomic E-state index is 12.7. The third-order valence-corrected chi connectivity index (χ3v) is 7.19. The average Bonchev–Trinajstić information content (AvgIpc) is 3.15. The van der Waals surface area contributed by atoms with Gasteiger partial charge in [-0.05, 0) is 51.2 Å². The van der Waals surface area contributed by atoms with Crippen molar-refractivity contribution >= 4 is 15.9 Å². The van der Waals surface area contributed by atoms with E-state index in [1.54, 1.807) is 24.3 Å². The van der Waals surface area contributed by atoms with Crippen LogP contribution in [-0.4, -0.2) is 51.0 Å². The summed E-state index contributed by atoms with van der Waals surface area (Å²) in [5.41, 5.74) is 1.03. The molecule has 144 valence electrons. The molecule has 0 aliphatic carbocycles. The van der Waals surface area contributed by atoms with Crippen LogP contribution in [0.1, 0.15) is 37.7 Å². The van der Waals surface area contributed by atoms with E-state index in [0.29, 0.717) is 37.4 Å². The molecule has 2 fully saturated rings. The lowest BCUT2D eigenvalue weighted by molar-refractivity contribution is -0.126. The van der Waals surface area contributed by atoms with Gasteiger partial charge in [0.1, 0.15) is 0 Å². The molecule has 0 spiro atoms. The number of piperidine rings is 1. The maximum atomic E-state index is 12.7. The van der Waals surface area contributed by atoms with Crippen LogP contribution >= 0.6 is 0 Å². The van der Waals surface area contributed by atoms with Gasteiger partial charge >= 0.3 is 0 Å². The van der Waals surface area contributed by atoms with Crippen LogP contribution in [0.15, 0.2) is 29.2 Å². The topological polar surface area (TPSA) is 75.7 Å². The number of hydrogen-bond donors (Lipinski definition) is 1. The van der Waals surface area contributed by atoms with Crippen LogP contribution in [0.3, 0.4) is 0 Å². The highest BCUT2D eigenvalue weighted by Crippen LogP contribution is 2.24. The van der Waals surface area contributed by atoms with Crippen molar-refractivity contribution in [2.75, 3.05) is 26.2 Å². The highest BCUT2D eigenvalue weighted by molar-refractivity contribution is 7.89. The van der Waals surface area contributed by atoms with Crippen LogP contribution in [-0.2, 0) is 19.6 Å². The summed E-state index contributed by atoms with van der Waals surface area (Å²) in [6, 6.07) is 6.91. The molecule has 0 radical (unpaired) electrons. The first-order valence-electron chi connectivity index (χ1n) is 9.43. The van der Waals surface area contributed by atoms with Gasteiger partial charge in [-0.3, -0.25) is 4.79 Å². The van der Waals surface area contributed by atoms with E-state index in [9.17, 15) is 13.2 Å². The fourth-order valence-corrected chi connectivity index (χ4v) is 5.06. The van der Waals surface area contributed by atoms with E-state index < -0.39 is 10.0 Å². The van der Waals surface area contributed by atoms with Gasteiger partial charge in [0.15, 0.2) is 0 Å². The van der Waals surface area contributed by atoms with Crippen molar-refractivity contribution in [3.63, 3.8) is 0 Å². The molecule has 1 aromatic carbocycles. The minimum Gasteiger partial charge on any atom is -0.378 e. The van der Waals surface area contributed by atoms with Crippen LogP contribution in [0.2, 0.25) is 0 Å². The smallest absolute Gasteiger partial charge is 0.243 e. The van der Waals surface area contributed by atoms with Crippen LogP contribution in [0.5, 0.6) is 0 Å². The quantitative estimate of drug-likeness (QED) is 0.820. The van der Waals surface area contributed by atoms with E-state index in [2.05, 4.69) is 5.32 Å². The van der Waals surface area contributed by atoms with Crippen molar-refractivity contribution in [1.82, 2.24) is 9.62 Å². The summed E-state index contributed by atoms with van der Waals surface area (Å²) in [4.78, 5) is 12.6. The molecule has 0 bridgehead atoms. The molecule has 2 aliphatic rings.